The Kier molecular flexibility index (Phi) is 2.30. The van der Waals surface area contributed by atoms with Crippen LogP contribution < -0.4 is 0 Å². The van der Waals surface area contributed by atoms with Gasteiger partial charge < -0.3 is 0 Å². The fraction of sp³-hybridized carbons (Fsp3) is 0.357. The molecule has 0 amide bonds. The number of hydrogen-bond donors (Lipinski definition) is 1. The minimum absolute atomic E-state index is 0.342. The van der Waals surface area contributed by atoms with Crippen molar-refractivity contribution in [1.82, 2.24) is 15.1 Å². The third-order valence-corrected chi connectivity index (χ3v) is 3.54. The van der Waals surface area contributed by atoms with Crippen LogP contribution in [0.5, 0.6) is 0 Å². The molecule has 0 saturated carbocycles. The van der Waals surface area contributed by atoms with E-state index in [1.807, 2.05) is 0 Å². The monoisotopic (exact) mass is 227 g/mol. The van der Waals surface area contributed by atoms with Crippen LogP contribution in [0.4, 0.5) is 0 Å². The van der Waals surface area contributed by atoms with Crippen LogP contribution in [0.1, 0.15) is 29.8 Å². The van der Waals surface area contributed by atoms with E-state index in [2.05, 4.69) is 60.4 Å². The Hall–Kier alpha value is -1.61. The van der Waals surface area contributed by atoms with Crippen LogP contribution in [0, 0.1) is 0 Å². The molecule has 0 radical (unpaired) electrons. The zero-order chi connectivity index (χ0) is 12.0. The van der Waals surface area contributed by atoms with Crippen LogP contribution in [0.2, 0.25) is 0 Å². The average Bonchev–Trinajstić information content (AvgIpc) is 2.85. The summed E-state index contributed by atoms with van der Waals surface area (Å²) in [4.78, 5) is 2.26. The molecule has 0 saturated heterocycles. The molecule has 1 aliphatic rings. The van der Waals surface area contributed by atoms with E-state index in [0.29, 0.717) is 6.04 Å². The van der Waals surface area contributed by atoms with E-state index in [9.17, 15) is 0 Å². The van der Waals surface area contributed by atoms with Gasteiger partial charge in [0.2, 0.25) is 0 Å². The molecule has 0 bridgehead atoms. The van der Waals surface area contributed by atoms with Crippen LogP contribution in [-0.4, -0.2) is 29.2 Å². The number of benzene rings is 1. The first-order chi connectivity index (χ1) is 8.24. The maximum absolute atomic E-state index is 4.49. The molecule has 3 nitrogen and oxygen atoms in total. The van der Waals surface area contributed by atoms with Crippen molar-refractivity contribution < 1.29 is 0 Å². The number of aryl methyl sites for hydroxylation is 1. The highest BCUT2D eigenvalue weighted by Crippen LogP contribution is 2.45. The lowest BCUT2D eigenvalue weighted by atomic mass is 10.0. The number of aromatic amines is 1. The molecule has 1 unspecified atom stereocenters. The average molecular weight is 227 g/mol. The Labute approximate surface area is 101 Å². The zero-order valence-electron chi connectivity index (χ0n) is 10.5. The largest absolute Gasteiger partial charge is 0.298 e. The summed E-state index contributed by atoms with van der Waals surface area (Å²) < 4.78 is 0. The fourth-order valence-corrected chi connectivity index (χ4v) is 2.80. The molecule has 0 spiro atoms. The lowest BCUT2D eigenvalue weighted by Crippen LogP contribution is -2.19. The second kappa shape index (κ2) is 3.70. The van der Waals surface area contributed by atoms with E-state index in [1.54, 1.807) is 0 Å². The number of H-pyrrole nitrogens is 1. The Bertz CT molecular complexity index is 554. The van der Waals surface area contributed by atoms with Crippen molar-refractivity contribution >= 4 is 0 Å². The highest BCUT2D eigenvalue weighted by Gasteiger charge is 2.34. The molecule has 3 heteroatoms. The van der Waals surface area contributed by atoms with Crippen LogP contribution in [0.25, 0.3) is 11.3 Å². The van der Waals surface area contributed by atoms with Gasteiger partial charge in [-0.1, -0.05) is 31.2 Å². The summed E-state index contributed by atoms with van der Waals surface area (Å²) in [7, 11) is 4.26. The Morgan fingerprint density at radius 3 is 2.76 bits per heavy atom. The highest BCUT2D eigenvalue weighted by atomic mass is 15.2. The van der Waals surface area contributed by atoms with E-state index < -0.39 is 0 Å². The number of nitrogens with zero attached hydrogens (tertiary/aromatic N) is 2. The maximum Gasteiger partial charge on any atom is 0.0978 e. The van der Waals surface area contributed by atoms with E-state index >= 15 is 0 Å². The van der Waals surface area contributed by atoms with Gasteiger partial charge in [0, 0.05) is 16.8 Å². The predicted molar refractivity (Wildman–Crippen MR) is 68.9 cm³/mol. The van der Waals surface area contributed by atoms with Crippen molar-refractivity contribution in [3.63, 3.8) is 0 Å². The smallest absolute Gasteiger partial charge is 0.0978 e. The van der Waals surface area contributed by atoms with E-state index in [4.69, 9.17) is 0 Å². The lowest BCUT2D eigenvalue weighted by molar-refractivity contribution is 0.346. The lowest BCUT2D eigenvalue weighted by Gasteiger charge is -2.21. The topological polar surface area (TPSA) is 31.9 Å². The summed E-state index contributed by atoms with van der Waals surface area (Å²) in [5, 5.41) is 7.66. The van der Waals surface area contributed by atoms with Crippen molar-refractivity contribution in [2.45, 2.75) is 19.4 Å². The molecule has 1 aromatic heterocycles. The molecule has 3 rings (SSSR count). The van der Waals surface area contributed by atoms with Gasteiger partial charge in [-0.2, -0.15) is 5.10 Å². The van der Waals surface area contributed by atoms with Crippen molar-refractivity contribution in [3.05, 3.63) is 41.1 Å². The summed E-state index contributed by atoms with van der Waals surface area (Å²) in [6, 6.07) is 8.91. The molecular weight excluding hydrogens is 210 g/mol. The molecule has 2 aromatic rings. The molecular formula is C14H17N3. The van der Waals surface area contributed by atoms with Gasteiger partial charge in [-0.25, -0.2) is 0 Å². The fourth-order valence-electron chi connectivity index (χ4n) is 2.80. The minimum atomic E-state index is 0.342. The molecule has 1 aromatic carbocycles. The number of rotatable bonds is 2. The van der Waals surface area contributed by atoms with Crippen LogP contribution in [0.15, 0.2) is 24.3 Å². The zero-order valence-corrected chi connectivity index (χ0v) is 10.5. The van der Waals surface area contributed by atoms with Gasteiger partial charge in [-0.3, -0.25) is 10.00 Å². The molecule has 0 aliphatic heterocycles. The molecule has 1 heterocycles. The number of nitrogens with one attached hydrogen (secondary N) is 1. The predicted octanol–water partition coefficient (Wildman–Crippen LogP) is 2.60. The molecule has 1 atom stereocenters. The van der Waals surface area contributed by atoms with Gasteiger partial charge in [0.1, 0.15) is 0 Å². The summed E-state index contributed by atoms with van der Waals surface area (Å²) in [5.41, 5.74) is 6.40. The number of hydrogen-bond acceptors (Lipinski definition) is 2. The second-order valence-corrected chi connectivity index (χ2v) is 4.77. The summed E-state index contributed by atoms with van der Waals surface area (Å²) in [6.45, 7) is 2.17. The van der Waals surface area contributed by atoms with Gasteiger partial charge in [0.05, 0.1) is 11.7 Å². The van der Waals surface area contributed by atoms with Crippen LogP contribution in [-0.2, 0) is 6.42 Å². The SMILES string of the molecule is CCc1[nH]nc2c1C(N(C)C)c1ccccc1-2. The van der Waals surface area contributed by atoms with Crippen LogP contribution >= 0.6 is 0 Å². The van der Waals surface area contributed by atoms with Crippen molar-refractivity contribution in [1.29, 1.82) is 0 Å². The highest BCUT2D eigenvalue weighted by molar-refractivity contribution is 5.76. The van der Waals surface area contributed by atoms with E-state index in [0.717, 1.165) is 12.1 Å². The summed E-state index contributed by atoms with van der Waals surface area (Å²) in [6.07, 6.45) is 1.00. The van der Waals surface area contributed by atoms with Crippen molar-refractivity contribution in [2.24, 2.45) is 0 Å². The number of fused-ring (bicyclic) bond motifs is 3. The molecule has 17 heavy (non-hydrogen) atoms. The molecule has 1 aliphatic carbocycles. The number of aromatic nitrogens is 2. The third kappa shape index (κ3) is 1.35. The summed E-state index contributed by atoms with van der Waals surface area (Å²) >= 11 is 0. The maximum atomic E-state index is 4.49. The van der Waals surface area contributed by atoms with E-state index in [1.165, 1.54) is 22.4 Å². The van der Waals surface area contributed by atoms with Gasteiger partial charge >= 0.3 is 0 Å². The van der Waals surface area contributed by atoms with Gasteiger partial charge in [0.15, 0.2) is 0 Å². The van der Waals surface area contributed by atoms with Crippen molar-refractivity contribution in [2.75, 3.05) is 14.1 Å². The quantitative estimate of drug-likeness (QED) is 0.855. The second-order valence-electron chi connectivity index (χ2n) is 4.77. The Balaban J connectivity index is 2.27. The Morgan fingerprint density at radius 2 is 2.06 bits per heavy atom. The normalized spacial score (nSPS) is 17.3. The standard InChI is InChI=1S/C14H17N3/c1-4-11-12-13(16-15-11)9-7-5-6-8-10(9)14(12)17(2)3/h5-8,14H,4H2,1-3H3,(H,15,16). The third-order valence-electron chi connectivity index (χ3n) is 3.54. The first-order valence-corrected chi connectivity index (χ1v) is 6.07. The van der Waals surface area contributed by atoms with Gasteiger partial charge in [0.25, 0.3) is 0 Å². The molecule has 88 valence electrons. The first-order valence-electron chi connectivity index (χ1n) is 6.07. The minimum Gasteiger partial charge on any atom is -0.298 e. The van der Waals surface area contributed by atoms with E-state index in [-0.39, 0.29) is 0 Å². The van der Waals surface area contributed by atoms with Crippen LogP contribution in [0.3, 0.4) is 0 Å². The van der Waals surface area contributed by atoms with Gasteiger partial charge in [-0.05, 0) is 26.1 Å². The first kappa shape index (κ1) is 10.5. The molecule has 0 fully saturated rings. The Morgan fingerprint density at radius 1 is 1.29 bits per heavy atom. The van der Waals surface area contributed by atoms with Crippen molar-refractivity contribution in [3.8, 4) is 11.3 Å². The molecule has 1 N–H and O–H groups in total. The van der Waals surface area contributed by atoms with Gasteiger partial charge in [-0.15, -0.1) is 0 Å². The summed E-state index contributed by atoms with van der Waals surface area (Å²) in [5.74, 6) is 0.